The molecule has 13 heteroatoms. The highest BCUT2D eigenvalue weighted by molar-refractivity contribution is 5.86. The predicted molar refractivity (Wildman–Crippen MR) is 122 cm³/mol. The van der Waals surface area contributed by atoms with Gasteiger partial charge in [0.15, 0.2) is 0 Å². The average Bonchev–Trinajstić information content (AvgIpc) is 2.85. The lowest BCUT2D eigenvalue weighted by molar-refractivity contribution is -0.152. The van der Waals surface area contributed by atoms with Crippen molar-refractivity contribution in [3.63, 3.8) is 0 Å². The van der Waals surface area contributed by atoms with E-state index in [-0.39, 0.29) is 32.1 Å². The van der Waals surface area contributed by atoms with Crippen molar-refractivity contribution in [2.75, 3.05) is 26.3 Å². The van der Waals surface area contributed by atoms with Crippen LogP contribution >= 0.6 is 0 Å². The van der Waals surface area contributed by atoms with Crippen LogP contribution in [0.1, 0.15) is 6.42 Å². The molecule has 0 spiro atoms. The summed E-state index contributed by atoms with van der Waals surface area (Å²) in [7, 11) is 0. The Hall–Kier alpha value is -4.81. The maximum atomic E-state index is 12.5. The number of carbonyl (C=O) groups is 5. The second-order valence-corrected chi connectivity index (χ2v) is 6.85. The normalized spacial score (nSPS) is 10.8. The number of para-hydroxylation sites is 2. The molecule has 2 aromatic rings. The lowest BCUT2D eigenvalue weighted by Gasteiger charge is -2.17. The van der Waals surface area contributed by atoms with Crippen LogP contribution in [0.2, 0.25) is 0 Å². The van der Waals surface area contributed by atoms with E-state index in [0.29, 0.717) is 5.75 Å². The number of ether oxygens (including phenoxy) is 4. The molecule has 192 valence electrons. The van der Waals surface area contributed by atoms with Gasteiger partial charge in [0, 0.05) is 0 Å². The third-order valence-corrected chi connectivity index (χ3v) is 4.11. The Balaban J connectivity index is 1.84. The predicted octanol–water partition coefficient (Wildman–Crippen LogP) is 1.68. The molecule has 4 N–H and O–H groups in total. The van der Waals surface area contributed by atoms with Gasteiger partial charge in [-0.15, -0.1) is 0 Å². The standard InChI is InChI=1S/C23H25N3O10/c27-19(33-13-11-24-21(29)30)15-18(26-23(32)36-17-9-5-2-6-10-17)20(28)34-14-12-25-22(31)35-16-7-3-1-4-8-16/h1-10,18,24H,11-15H2,(H,25,31)(H,26,32)(H,29,30). The number of hydrogen-bond donors (Lipinski definition) is 4. The van der Waals surface area contributed by atoms with Gasteiger partial charge >= 0.3 is 30.2 Å². The van der Waals surface area contributed by atoms with Crippen LogP contribution < -0.4 is 25.4 Å². The number of rotatable bonds is 12. The van der Waals surface area contributed by atoms with Crippen LogP contribution in [0.25, 0.3) is 0 Å². The fraction of sp³-hybridized carbons (Fsp3) is 0.261. The zero-order valence-corrected chi connectivity index (χ0v) is 19.0. The Bertz CT molecular complexity index is 1020. The number of benzene rings is 2. The molecular weight excluding hydrogens is 478 g/mol. The maximum absolute atomic E-state index is 12.5. The summed E-state index contributed by atoms with van der Waals surface area (Å²) in [6, 6.07) is 14.8. The first-order chi connectivity index (χ1) is 17.3. The summed E-state index contributed by atoms with van der Waals surface area (Å²) >= 11 is 0. The Morgan fingerprint density at radius 1 is 0.722 bits per heavy atom. The molecule has 2 rings (SSSR count). The van der Waals surface area contributed by atoms with E-state index in [9.17, 15) is 24.0 Å². The second kappa shape index (κ2) is 15.2. The van der Waals surface area contributed by atoms with E-state index < -0.39 is 42.7 Å². The summed E-state index contributed by atoms with van der Waals surface area (Å²) in [6.45, 7) is -0.838. The summed E-state index contributed by atoms with van der Waals surface area (Å²) in [5.74, 6) is -1.36. The van der Waals surface area contributed by atoms with Gasteiger partial charge in [-0.2, -0.15) is 0 Å². The van der Waals surface area contributed by atoms with Gasteiger partial charge in [-0.05, 0) is 24.3 Å². The van der Waals surface area contributed by atoms with Crippen LogP contribution in [-0.4, -0.2) is 67.7 Å². The molecule has 0 fully saturated rings. The van der Waals surface area contributed by atoms with E-state index in [0.717, 1.165) is 0 Å². The lowest BCUT2D eigenvalue weighted by Crippen LogP contribution is -2.45. The second-order valence-electron chi connectivity index (χ2n) is 6.85. The van der Waals surface area contributed by atoms with Crippen LogP contribution in [0.4, 0.5) is 14.4 Å². The molecule has 0 radical (unpaired) electrons. The van der Waals surface area contributed by atoms with Gasteiger partial charge in [0.1, 0.15) is 30.8 Å². The van der Waals surface area contributed by atoms with Gasteiger partial charge in [-0.1, -0.05) is 36.4 Å². The summed E-state index contributed by atoms with van der Waals surface area (Å²) in [5.41, 5.74) is 0. The molecule has 0 saturated heterocycles. The Morgan fingerprint density at radius 3 is 1.83 bits per heavy atom. The first-order valence-electron chi connectivity index (χ1n) is 10.7. The molecule has 36 heavy (non-hydrogen) atoms. The lowest BCUT2D eigenvalue weighted by atomic mass is 10.2. The van der Waals surface area contributed by atoms with Crippen molar-refractivity contribution in [3.8, 4) is 11.5 Å². The van der Waals surface area contributed by atoms with Crippen molar-refractivity contribution >= 4 is 30.2 Å². The number of esters is 2. The van der Waals surface area contributed by atoms with E-state index in [1.54, 1.807) is 48.5 Å². The minimum Gasteiger partial charge on any atom is -0.465 e. The van der Waals surface area contributed by atoms with Gasteiger partial charge in [0.25, 0.3) is 0 Å². The Kier molecular flexibility index (Phi) is 11.6. The molecule has 3 amide bonds. The number of carbonyl (C=O) groups excluding carboxylic acids is 4. The van der Waals surface area contributed by atoms with Crippen LogP contribution in [0, 0.1) is 0 Å². The summed E-state index contributed by atoms with van der Waals surface area (Å²) < 4.78 is 20.0. The number of nitrogens with one attached hydrogen (secondary N) is 3. The van der Waals surface area contributed by atoms with E-state index in [1.807, 2.05) is 5.32 Å². The zero-order valence-electron chi connectivity index (χ0n) is 19.0. The number of hydrogen-bond acceptors (Lipinski definition) is 9. The molecule has 1 atom stereocenters. The highest BCUT2D eigenvalue weighted by Crippen LogP contribution is 2.09. The molecule has 0 bridgehead atoms. The molecule has 0 aliphatic carbocycles. The molecule has 0 aromatic heterocycles. The fourth-order valence-corrected chi connectivity index (χ4v) is 2.55. The fourth-order valence-electron chi connectivity index (χ4n) is 2.55. The average molecular weight is 503 g/mol. The maximum Gasteiger partial charge on any atom is 0.413 e. The Labute approximate surface area is 205 Å². The molecule has 2 aromatic carbocycles. The molecule has 0 aliphatic heterocycles. The molecule has 0 aliphatic rings. The van der Waals surface area contributed by atoms with Gasteiger partial charge in [0.05, 0.1) is 19.5 Å². The van der Waals surface area contributed by atoms with Crippen molar-refractivity contribution in [1.29, 1.82) is 0 Å². The van der Waals surface area contributed by atoms with Gasteiger partial charge in [-0.25, -0.2) is 19.2 Å². The van der Waals surface area contributed by atoms with Gasteiger partial charge in [-0.3, -0.25) is 4.79 Å². The third kappa shape index (κ3) is 11.4. The summed E-state index contributed by atoms with van der Waals surface area (Å²) in [6.07, 6.45) is -3.69. The third-order valence-electron chi connectivity index (χ3n) is 4.11. The Morgan fingerprint density at radius 2 is 1.25 bits per heavy atom. The van der Waals surface area contributed by atoms with E-state index in [1.165, 1.54) is 12.1 Å². The first kappa shape index (κ1) is 27.4. The van der Waals surface area contributed by atoms with Crippen molar-refractivity contribution in [3.05, 3.63) is 60.7 Å². The van der Waals surface area contributed by atoms with Crippen molar-refractivity contribution in [2.45, 2.75) is 12.5 Å². The smallest absolute Gasteiger partial charge is 0.413 e. The van der Waals surface area contributed by atoms with E-state index >= 15 is 0 Å². The minimum absolute atomic E-state index is 0.107. The molecular formula is C23H25N3O10. The van der Waals surface area contributed by atoms with Crippen LogP contribution in [-0.2, 0) is 19.1 Å². The molecule has 0 saturated carbocycles. The highest BCUT2D eigenvalue weighted by Gasteiger charge is 2.27. The topological polar surface area (TPSA) is 179 Å². The van der Waals surface area contributed by atoms with Crippen LogP contribution in [0.3, 0.4) is 0 Å². The number of carboxylic acid groups (broad SMARTS) is 1. The quantitative estimate of drug-likeness (QED) is 0.246. The van der Waals surface area contributed by atoms with Gasteiger partial charge < -0.3 is 40.0 Å². The van der Waals surface area contributed by atoms with E-state index in [2.05, 4.69) is 10.6 Å². The minimum atomic E-state index is -1.47. The molecule has 0 heterocycles. The zero-order chi connectivity index (χ0) is 26.2. The number of amides is 3. The monoisotopic (exact) mass is 503 g/mol. The molecule has 13 nitrogen and oxygen atoms in total. The molecule has 1 unspecified atom stereocenters. The van der Waals surface area contributed by atoms with Crippen LogP contribution in [0.5, 0.6) is 11.5 Å². The SMILES string of the molecule is O=C(O)NCCOC(=O)CC(NC(=O)Oc1ccccc1)C(=O)OCCNC(=O)Oc1ccccc1. The van der Waals surface area contributed by atoms with Crippen LogP contribution in [0.15, 0.2) is 60.7 Å². The first-order valence-corrected chi connectivity index (χ1v) is 10.7. The highest BCUT2D eigenvalue weighted by atomic mass is 16.6. The summed E-state index contributed by atoms with van der Waals surface area (Å²) in [4.78, 5) is 59.0. The largest absolute Gasteiger partial charge is 0.465 e. The summed E-state index contributed by atoms with van der Waals surface area (Å²) in [5, 5.41) is 15.1. The van der Waals surface area contributed by atoms with Crippen molar-refractivity contribution < 1.29 is 48.0 Å². The van der Waals surface area contributed by atoms with Crippen molar-refractivity contribution in [2.24, 2.45) is 0 Å². The van der Waals surface area contributed by atoms with E-state index in [4.69, 9.17) is 24.1 Å². The van der Waals surface area contributed by atoms with Gasteiger partial charge in [0.2, 0.25) is 0 Å². The van der Waals surface area contributed by atoms with Crippen molar-refractivity contribution in [1.82, 2.24) is 16.0 Å².